The molecular weight excluding hydrogens is 382 g/mol. The van der Waals surface area contributed by atoms with Gasteiger partial charge in [-0.05, 0) is 30.3 Å². The van der Waals surface area contributed by atoms with Crippen molar-refractivity contribution in [2.75, 3.05) is 19.5 Å². The molecule has 0 fully saturated rings. The Hall–Kier alpha value is -2.97. The number of anilines is 1. The van der Waals surface area contributed by atoms with Gasteiger partial charge in [-0.1, -0.05) is 0 Å². The Kier molecular flexibility index (Phi) is 4.74. The number of amides is 1. The molecule has 0 saturated carbocycles. The van der Waals surface area contributed by atoms with Crippen LogP contribution in [0, 0.1) is 0 Å². The Morgan fingerprint density at radius 3 is 2.78 bits per heavy atom. The second-order valence-electron chi connectivity index (χ2n) is 5.59. The van der Waals surface area contributed by atoms with Gasteiger partial charge in [-0.3, -0.25) is 10.1 Å². The molecule has 0 spiro atoms. The summed E-state index contributed by atoms with van der Waals surface area (Å²) in [4.78, 5) is 21.3. The molecule has 4 rings (SSSR count). The van der Waals surface area contributed by atoms with E-state index in [1.54, 1.807) is 31.9 Å². The summed E-state index contributed by atoms with van der Waals surface area (Å²) < 4.78 is 11.6. The van der Waals surface area contributed by atoms with E-state index < -0.39 is 0 Å². The van der Waals surface area contributed by atoms with Gasteiger partial charge in [-0.2, -0.15) is 0 Å². The van der Waals surface area contributed by atoms with E-state index in [4.69, 9.17) is 9.47 Å². The average molecular weight is 397 g/mol. The second-order valence-corrected chi connectivity index (χ2v) is 7.34. The van der Waals surface area contributed by atoms with Crippen LogP contribution in [-0.2, 0) is 0 Å². The Balaban J connectivity index is 1.56. The molecule has 136 valence electrons. The molecule has 4 aromatic rings. The Morgan fingerprint density at radius 1 is 1.07 bits per heavy atom. The van der Waals surface area contributed by atoms with Crippen LogP contribution in [0.25, 0.3) is 21.5 Å². The summed E-state index contributed by atoms with van der Waals surface area (Å²) in [7, 11) is 3.21. The smallest absolute Gasteiger partial charge is 0.257 e. The van der Waals surface area contributed by atoms with Crippen LogP contribution < -0.4 is 14.8 Å². The fraction of sp³-hybridized carbons (Fsp3) is 0.105. The van der Waals surface area contributed by atoms with Crippen LogP contribution >= 0.6 is 22.7 Å². The van der Waals surface area contributed by atoms with E-state index in [1.807, 2.05) is 29.6 Å². The Labute approximate surface area is 163 Å². The lowest BCUT2D eigenvalue weighted by molar-refractivity contribution is 0.102. The maximum absolute atomic E-state index is 12.5. The summed E-state index contributed by atoms with van der Waals surface area (Å²) >= 11 is 2.87. The molecule has 0 unspecified atom stereocenters. The van der Waals surface area contributed by atoms with Gasteiger partial charge in [-0.25, -0.2) is 9.97 Å². The van der Waals surface area contributed by atoms with E-state index in [1.165, 1.54) is 22.7 Å². The zero-order valence-electron chi connectivity index (χ0n) is 14.6. The maximum atomic E-state index is 12.5. The predicted octanol–water partition coefficient (Wildman–Crippen LogP) is 4.69. The second kappa shape index (κ2) is 7.34. The van der Waals surface area contributed by atoms with Gasteiger partial charge in [0.1, 0.15) is 11.5 Å². The minimum atomic E-state index is -0.201. The molecule has 0 atom stereocenters. The lowest BCUT2D eigenvalue weighted by Gasteiger charge is -2.08. The molecule has 6 nitrogen and oxygen atoms in total. The van der Waals surface area contributed by atoms with Crippen molar-refractivity contribution in [3.63, 3.8) is 0 Å². The molecule has 2 aromatic heterocycles. The average Bonchev–Trinajstić information content (AvgIpc) is 3.36. The van der Waals surface area contributed by atoms with Gasteiger partial charge < -0.3 is 9.47 Å². The van der Waals surface area contributed by atoms with Gasteiger partial charge in [0.25, 0.3) is 5.91 Å². The van der Waals surface area contributed by atoms with Crippen molar-refractivity contribution in [1.82, 2.24) is 9.97 Å². The van der Waals surface area contributed by atoms with Crippen molar-refractivity contribution in [3.8, 4) is 22.8 Å². The number of hydrogen-bond donors (Lipinski definition) is 1. The minimum Gasteiger partial charge on any atom is -0.497 e. The number of hydrogen-bond acceptors (Lipinski definition) is 7. The molecular formula is C19H15N3O3S2. The van der Waals surface area contributed by atoms with E-state index >= 15 is 0 Å². The standard InChI is InChI=1S/C19H15N3O3S2/c1-24-12-4-5-13(16(8-12)25-2)15-9-26-19(21-15)22-18(23)11-3-6-14-17(7-11)27-10-20-14/h3-10H,1-2H3,(H,21,22,23). The molecule has 27 heavy (non-hydrogen) atoms. The van der Waals surface area contributed by atoms with Gasteiger partial charge in [0, 0.05) is 22.6 Å². The van der Waals surface area contributed by atoms with Crippen molar-refractivity contribution >= 4 is 43.9 Å². The van der Waals surface area contributed by atoms with E-state index in [2.05, 4.69) is 15.3 Å². The van der Waals surface area contributed by atoms with Crippen LogP contribution in [0.2, 0.25) is 0 Å². The van der Waals surface area contributed by atoms with Gasteiger partial charge in [0.05, 0.1) is 35.6 Å². The van der Waals surface area contributed by atoms with Gasteiger partial charge in [0.2, 0.25) is 0 Å². The zero-order chi connectivity index (χ0) is 18.8. The van der Waals surface area contributed by atoms with E-state index in [9.17, 15) is 4.79 Å². The van der Waals surface area contributed by atoms with Crippen molar-refractivity contribution in [2.45, 2.75) is 0 Å². The van der Waals surface area contributed by atoms with Gasteiger partial charge in [-0.15, -0.1) is 22.7 Å². The summed E-state index contributed by atoms with van der Waals surface area (Å²) in [5.41, 5.74) is 4.79. The van der Waals surface area contributed by atoms with Crippen molar-refractivity contribution in [2.24, 2.45) is 0 Å². The first kappa shape index (κ1) is 17.4. The fourth-order valence-electron chi connectivity index (χ4n) is 2.63. The molecule has 1 amide bonds. The fourth-order valence-corrected chi connectivity index (χ4v) is 4.05. The highest BCUT2D eigenvalue weighted by Gasteiger charge is 2.14. The number of nitrogens with zero attached hydrogens (tertiary/aromatic N) is 2. The molecule has 0 aliphatic rings. The van der Waals surface area contributed by atoms with E-state index in [0.717, 1.165) is 21.5 Å². The van der Waals surface area contributed by atoms with Crippen molar-refractivity contribution in [3.05, 3.63) is 52.9 Å². The Bertz CT molecular complexity index is 1120. The topological polar surface area (TPSA) is 73.3 Å². The third-order valence-corrected chi connectivity index (χ3v) is 5.55. The molecule has 1 N–H and O–H groups in total. The normalized spacial score (nSPS) is 10.7. The number of aromatic nitrogens is 2. The molecule has 2 heterocycles. The van der Waals surface area contributed by atoms with Gasteiger partial charge >= 0.3 is 0 Å². The number of rotatable bonds is 5. The number of carbonyl (C=O) groups is 1. The SMILES string of the molecule is COc1ccc(-c2csc(NC(=O)c3ccc4ncsc4c3)n2)c(OC)c1. The van der Waals surface area contributed by atoms with Crippen molar-refractivity contribution in [1.29, 1.82) is 0 Å². The van der Waals surface area contributed by atoms with E-state index in [-0.39, 0.29) is 5.91 Å². The molecule has 0 aliphatic heterocycles. The van der Waals surface area contributed by atoms with E-state index in [0.29, 0.717) is 22.2 Å². The van der Waals surface area contributed by atoms with Crippen molar-refractivity contribution < 1.29 is 14.3 Å². The number of fused-ring (bicyclic) bond motifs is 1. The number of methoxy groups -OCH3 is 2. The number of nitrogens with one attached hydrogen (secondary N) is 1. The summed E-state index contributed by atoms with van der Waals surface area (Å²) in [5.74, 6) is 1.17. The highest BCUT2D eigenvalue weighted by Crippen LogP contribution is 2.35. The third-order valence-electron chi connectivity index (χ3n) is 4.00. The molecule has 2 aromatic carbocycles. The van der Waals surface area contributed by atoms with Crippen LogP contribution in [-0.4, -0.2) is 30.1 Å². The number of ether oxygens (including phenoxy) is 2. The number of carbonyl (C=O) groups excluding carboxylic acids is 1. The predicted molar refractivity (Wildman–Crippen MR) is 108 cm³/mol. The first-order chi connectivity index (χ1) is 13.2. The number of benzene rings is 2. The Morgan fingerprint density at radius 2 is 1.96 bits per heavy atom. The maximum Gasteiger partial charge on any atom is 0.257 e. The lowest BCUT2D eigenvalue weighted by atomic mass is 10.1. The van der Waals surface area contributed by atoms with Gasteiger partial charge in [0.15, 0.2) is 5.13 Å². The number of thiazole rings is 2. The third kappa shape index (κ3) is 3.49. The van der Waals surface area contributed by atoms with Crippen LogP contribution in [0.5, 0.6) is 11.5 Å². The summed E-state index contributed by atoms with van der Waals surface area (Å²) in [5, 5.41) is 5.26. The van der Waals surface area contributed by atoms with Crippen LogP contribution in [0.1, 0.15) is 10.4 Å². The minimum absolute atomic E-state index is 0.201. The molecule has 8 heteroatoms. The summed E-state index contributed by atoms with van der Waals surface area (Å²) in [6.07, 6.45) is 0. The summed E-state index contributed by atoms with van der Waals surface area (Å²) in [6, 6.07) is 11.0. The molecule has 0 bridgehead atoms. The largest absolute Gasteiger partial charge is 0.497 e. The van der Waals surface area contributed by atoms with Crippen LogP contribution in [0.15, 0.2) is 47.3 Å². The van der Waals surface area contributed by atoms with Crippen LogP contribution in [0.4, 0.5) is 5.13 Å². The quantitative estimate of drug-likeness (QED) is 0.529. The molecule has 0 saturated heterocycles. The highest BCUT2D eigenvalue weighted by molar-refractivity contribution is 7.16. The highest BCUT2D eigenvalue weighted by atomic mass is 32.1. The molecule has 0 radical (unpaired) electrons. The zero-order valence-corrected chi connectivity index (χ0v) is 16.2. The molecule has 0 aliphatic carbocycles. The monoisotopic (exact) mass is 397 g/mol. The first-order valence-electron chi connectivity index (χ1n) is 8.00. The lowest BCUT2D eigenvalue weighted by Crippen LogP contribution is -2.11. The van der Waals surface area contributed by atoms with Crippen LogP contribution in [0.3, 0.4) is 0 Å². The first-order valence-corrected chi connectivity index (χ1v) is 9.76. The summed E-state index contributed by atoms with van der Waals surface area (Å²) in [6.45, 7) is 0.